The molecule has 4 heteroatoms. The summed E-state index contributed by atoms with van der Waals surface area (Å²) in [7, 11) is 0. The lowest BCUT2D eigenvalue weighted by atomic mass is 10.2. The maximum atomic E-state index is 11.5. The first kappa shape index (κ1) is 11.9. The van der Waals surface area contributed by atoms with Crippen molar-refractivity contribution < 1.29 is 9.53 Å². The number of carbonyl (C=O) groups is 1. The first-order chi connectivity index (χ1) is 8.24. The number of hydrogen-bond acceptors (Lipinski definition) is 3. The van der Waals surface area contributed by atoms with Crippen LogP contribution in [0.2, 0.25) is 0 Å². The van der Waals surface area contributed by atoms with Crippen molar-refractivity contribution in [3.63, 3.8) is 0 Å². The maximum absolute atomic E-state index is 11.5. The van der Waals surface area contributed by atoms with Gasteiger partial charge in [0.15, 0.2) is 0 Å². The predicted octanol–water partition coefficient (Wildman–Crippen LogP) is 2.30. The second-order valence-corrected chi connectivity index (χ2v) is 4.38. The third kappa shape index (κ3) is 3.75. The van der Waals surface area contributed by atoms with Crippen molar-refractivity contribution in [1.29, 1.82) is 0 Å². The zero-order chi connectivity index (χ0) is 12.1. The normalized spacial score (nSPS) is 19.0. The van der Waals surface area contributed by atoms with E-state index >= 15 is 0 Å². The van der Waals surface area contributed by atoms with Gasteiger partial charge in [0.1, 0.15) is 6.61 Å². The molecule has 2 N–H and O–H groups in total. The summed E-state index contributed by atoms with van der Waals surface area (Å²) in [6, 6.07) is 7.95. The lowest BCUT2D eigenvalue weighted by Crippen LogP contribution is -2.29. The summed E-state index contributed by atoms with van der Waals surface area (Å²) < 4.78 is 5.15. The summed E-state index contributed by atoms with van der Waals surface area (Å²) in [5.41, 5.74) is 1.93. The van der Waals surface area contributed by atoms with Crippen LogP contribution in [0.3, 0.4) is 0 Å². The Labute approximate surface area is 101 Å². The van der Waals surface area contributed by atoms with Crippen LogP contribution in [-0.4, -0.2) is 25.3 Å². The van der Waals surface area contributed by atoms with Gasteiger partial charge in [-0.3, -0.25) is 5.32 Å². The van der Waals surface area contributed by atoms with Crippen molar-refractivity contribution >= 4 is 11.8 Å². The van der Waals surface area contributed by atoms with E-state index in [1.54, 1.807) is 0 Å². The van der Waals surface area contributed by atoms with Crippen LogP contribution < -0.4 is 10.6 Å². The molecule has 1 amide bonds. The van der Waals surface area contributed by atoms with E-state index in [9.17, 15) is 4.79 Å². The standard InChI is InChI=1S/C13H18N2O2/c1-10-4-6-11(7-5-10)15-13(16)17-9-12-3-2-8-14-12/h4-7,12,14H,2-3,8-9H2,1H3,(H,15,16). The molecule has 4 nitrogen and oxygen atoms in total. The molecule has 0 radical (unpaired) electrons. The number of benzene rings is 1. The average Bonchev–Trinajstić information content (AvgIpc) is 2.83. The van der Waals surface area contributed by atoms with Gasteiger partial charge in [0.2, 0.25) is 0 Å². The molecule has 1 heterocycles. The van der Waals surface area contributed by atoms with Crippen LogP contribution in [0, 0.1) is 6.92 Å². The minimum absolute atomic E-state index is 0.318. The van der Waals surface area contributed by atoms with E-state index in [2.05, 4.69) is 10.6 Å². The minimum atomic E-state index is -0.387. The van der Waals surface area contributed by atoms with Crippen LogP contribution in [-0.2, 0) is 4.74 Å². The summed E-state index contributed by atoms with van der Waals surface area (Å²) >= 11 is 0. The van der Waals surface area contributed by atoms with Crippen molar-refractivity contribution in [2.45, 2.75) is 25.8 Å². The minimum Gasteiger partial charge on any atom is -0.448 e. The Morgan fingerprint density at radius 1 is 1.47 bits per heavy atom. The number of rotatable bonds is 3. The highest BCUT2D eigenvalue weighted by Crippen LogP contribution is 2.09. The fourth-order valence-corrected chi connectivity index (χ4v) is 1.87. The largest absolute Gasteiger partial charge is 0.448 e. The average molecular weight is 234 g/mol. The highest BCUT2D eigenvalue weighted by molar-refractivity contribution is 5.84. The van der Waals surface area contributed by atoms with E-state index in [1.165, 1.54) is 5.56 Å². The second-order valence-electron chi connectivity index (χ2n) is 4.38. The third-order valence-corrected chi connectivity index (χ3v) is 2.88. The summed E-state index contributed by atoms with van der Waals surface area (Å²) in [6.07, 6.45) is 1.85. The Kier molecular flexibility index (Phi) is 3.98. The quantitative estimate of drug-likeness (QED) is 0.843. The topological polar surface area (TPSA) is 50.4 Å². The molecule has 0 spiro atoms. The number of aryl methyl sites for hydroxylation is 1. The number of amides is 1. The molecule has 1 aromatic rings. The number of nitrogens with one attached hydrogen (secondary N) is 2. The molecule has 17 heavy (non-hydrogen) atoms. The van der Waals surface area contributed by atoms with Crippen molar-refractivity contribution in [2.75, 3.05) is 18.5 Å². The summed E-state index contributed by atoms with van der Waals surface area (Å²) in [6.45, 7) is 3.47. The highest BCUT2D eigenvalue weighted by Gasteiger charge is 2.15. The van der Waals surface area contributed by atoms with Gasteiger partial charge in [-0.05, 0) is 38.4 Å². The molecule has 92 valence electrons. The molecule has 1 aliphatic heterocycles. The number of hydrogen-bond donors (Lipinski definition) is 2. The zero-order valence-electron chi connectivity index (χ0n) is 10.0. The van der Waals surface area contributed by atoms with E-state index in [0.717, 1.165) is 25.1 Å². The van der Waals surface area contributed by atoms with Crippen LogP contribution in [0.1, 0.15) is 18.4 Å². The highest BCUT2D eigenvalue weighted by atomic mass is 16.5. The van der Waals surface area contributed by atoms with E-state index < -0.39 is 0 Å². The van der Waals surface area contributed by atoms with Gasteiger partial charge in [0, 0.05) is 11.7 Å². The van der Waals surface area contributed by atoms with Crippen molar-refractivity contribution in [3.8, 4) is 0 Å². The van der Waals surface area contributed by atoms with Gasteiger partial charge >= 0.3 is 6.09 Å². The van der Waals surface area contributed by atoms with Gasteiger partial charge in [-0.2, -0.15) is 0 Å². The summed E-state index contributed by atoms with van der Waals surface area (Å²) in [5, 5.41) is 5.98. The van der Waals surface area contributed by atoms with Crippen LogP contribution in [0.4, 0.5) is 10.5 Å². The van der Waals surface area contributed by atoms with Crippen LogP contribution in [0.25, 0.3) is 0 Å². The zero-order valence-corrected chi connectivity index (χ0v) is 10.0. The number of carbonyl (C=O) groups excluding carboxylic acids is 1. The lowest BCUT2D eigenvalue weighted by Gasteiger charge is -2.11. The molecule has 1 saturated heterocycles. The molecule has 1 atom stereocenters. The Morgan fingerprint density at radius 3 is 2.88 bits per heavy atom. The second kappa shape index (κ2) is 5.68. The summed E-state index contributed by atoms with van der Waals surface area (Å²) in [4.78, 5) is 11.5. The van der Waals surface area contributed by atoms with Crippen LogP contribution in [0.15, 0.2) is 24.3 Å². The molecule has 0 saturated carbocycles. The molecular formula is C13H18N2O2. The monoisotopic (exact) mass is 234 g/mol. The molecule has 1 fully saturated rings. The SMILES string of the molecule is Cc1ccc(NC(=O)OCC2CCCN2)cc1. The molecule has 2 rings (SSSR count). The molecule has 0 bridgehead atoms. The van der Waals surface area contributed by atoms with Crippen molar-refractivity contribution in [2.24, 2.45) is 0 Å². The predicted molar refractivity (Wildman–Crippen MR) is 67.2 cm³/mol. The molecule has 1 unspecified atom stereocenters. The molecular weight excluding hydrogens is 216 g/mol. The van der Waals surface area contributed by atoms with Gasteiger partial charge < -0.3 is 10.1 Å². The molecule has 1 aromatic carbocycles. The molecule has 0 aromatic heterocycles. The smallest absolute Gasteiger partial charge is 0.411 e. The first-order valence-corrected chi connectivity index (χ1v) is 5.98. The van der Waals surface area contributed by atoms with E-state index in [1.807, 2.05) is 31.2 Å². The Hall–Kier alpha value is -1.55. The number of ether oxygens (including phenoxy) is 1. The summed E-state index contributed by atoms with van der Waals surface area (Å²) in [5.74, 6) is 0. The molecule has 0 aliphatic carbocycles. The van der Waals surface area contributed by atoms with Crippen LogP contribution in [0.5, 0.6) is 0 Å². The first-order valence-electron chi connectivity index (χ1n) is 5.98. The van der Waals surface area contributed by atoms with Crippen LogP contribution >= 0.6 is 0 Å². The van der Waals surface area contributed by atoms with Crippen molar-refractivity contribution in [3.05, 3.63) is 29.8 Å². The number of anilines is 1. The fourth-order valence-electron chi connectivity index (χ4n) is 1.87. The Bertz CT molecular complexity index is 370. The maximum Gasteiger partial charge on any atom is 0.411 e. The van der Waals surface area contributed by atoms with Crippen molar-refractivity contribution in [1.82, 2.24) is 5.32 Å². The van der Waals surface area contributed by atoms with Gasteiger partial charge in [-0.1, -0.05) is 17.7 Å². The fraction of sp³-hybridized carbons (Fsp3) is 0.462. The molecule has 1 aliphatic rings. The van der Waals surface area contributed by atoms with E-state index in [4.69, 9.17) is 4.74 Å². The van der Waals surface area contributed by atoms with Gasteiger partial charge in [-0.25, -0.2) is 4.79 Å². The lowest BCUT2D eigenvalue weighted by molar-refractivity contribution is 0.151. The van der Waals surface area contributed by atoms with Gasteiger partial charge in [0.25, 0.3) is 0 Å². The van der Waals surface area contributed by atoms with E-state index in [-0.39, 0.29) is 6.09 Å². The Morgan fingerprint density at radius 2 is 2.24 bits per heavy atom. The van der Waals surface area contributed by atoms with Gasteiger partial charge in [0.05, 0.1) is 0 Å². The van der Waals surface area contributed by atoms with Gasteiger partial charge in [-0.15, -0.1) is 0 Å². The van der Waals surface area contributed by atoms with E-state index in [0.29, 0.717) is 12.6 Å². The third-order valence-electron chi connectivity index (χ3n) is 2.88. The Balaban J connectivity index is 1.74.